The van der Waals surface area contributed by atoms with E-state index in [1.165, 1.54) is 30.4 Å². The van der Waals surface area contributed by atoms with Crippen LogP contribution in [0.15, 0.2) is 48.5 Å². The Morgan fingerprint density at radius 3 is 2.62 bits per heavy atom. The highest BCUT2D eigenvalue weighted by molar-refractivity contribution is 7.14. The van der Waals surface area contributed by atoms with Crippen molar-refractivity contribution in [1.29, 1.82) is 0 Å². The Balaban J connectivity index is 1.84. The van der Waals surface area contributed by atoms with Crippen LogP contribution in [0.5, 0.6) is 5.75 Å². The molecule has 3 rings (SSSR count). The largest absolute Gasteiger partial charge is 0.433 e. The summed E-state index contributed by atoms with van der Waals surface area (Å²) >= 11 is 1.28. The van der Waals surface area contributed by atoms with Crippen LogP contribution >= 0.6 is 11.3 Å². The van der Waals surface area contributed by atoms with Gasteiger partial charge in [-0.2, -0.15) is 8.78 Å². The van der Waals surface area contributed by atoms with E-state index < -0.39 is 6.11 Å². The number of carbonyl (C=O) groups excluding carboxylic acids is 1. The summed E-state index contributed by atoms with van der Waals surface area (Å²) in [5.41, 5.74) is 7.96. The summed E-state index contributed by atoms with van der Waals surface area (Å²) in [6.07, 6.45) is -2.76. The quantitative estimate of drug-likeness (QED) is 0.561. The van der Waals surface area contributed by atoms with Crippen LogP contribution in [0.25, 0.3) is 10.6 Å². The summed E-state index contributed by atoms with van der Waals surface area (Å²) in [5.74, 6) is -0.158. The number of hydrogen-bond donors (Lipinski definition) is 2. The number of rotatable bonds is 7. The van der Waals surface area contributed by atoms with E-state index in [2.05, 4.69) is 20.3 Å². The second kappa shape index (κ2) is 8.52. The molecule has 3 aromatic rings. The summed E-state index contributed by atoms with van der Waals surface area (Å²) < 4.78 is 30.8. The predicted octanol–water partition coefficient (Wildman–Crippen LogP) is 4.20. The highest BCUT2D eigenvalue weighted by Gasteiger charge is 2.24. The number of nitrogens with zero attached hydrogens (tertiary/aromatic N) is 2. The lowest BCUT2D eigenvalue weighted by molar-refractivity contribution is -0.158. The van der Waals surface area contributed by atoms with E-state index in [0.717, 1.165) is 5.56 Å². The van der Waals surface area contributed by atoms with Crippen molar-refractivity contribution in [2.45, 2.75) is 32.4 Å². The molecule has 0 bridgehead atoms. The van der Waals surface area contributed by atoms with Gasteiger partial charge in [0.2, 0.25) is 5.91 Å². The van der Waals surface area contributed by atoms with Crippen LogP contribution in [-0.4, -0.2) is 22.2 Å². The van der Waals surface area contributed by atoms with Crippen molar-refractivity contribution >= 4 is 22.9 Å². The normalized spacial score (nSPS) is 12.4. The number of nitrogens with one attached hydrogen (secondary N) is 1. The van der Waals surface area contributed by atoms with Gasteiger partial charge in [-0.25, -0.2) is 0 Å². The highest BCUT2D eigenvalue weighted by Crippen LogP contribution is 2.31. The number of amides is 1. The molecular formula is C20H20F2N4O2S. The molecule has 1 aromatic heterocycles. The lowest BCUT2D eigenvalue weighted by Gasteiger charge is -2.15. The summed E-state index contributed by atoms with van der Waals surface area (Å²) in [6, 6.07) is 13.3. The van der Waals surface area contributed by atoms with Gasteiger partial charge in [-0.05, 0) is 36.2 Å². The highest BCUT2D eigenvalue weighted by atomic mass is 32.1. The van der Waals surface area contributed by atoms with Crippen LogP contribution in [-0.2, 0) is 11.2 Å². The van der Waals surface area contributed by atoms with Gasteiger partial charge < -0.3 is 15.8 Å². The van der Waals surface area contributed by atoms with Gasteiger partial charge in [0, 0.05) is 25.1 Å². The molecule has 0 aliphatic carbocycles. The first-order valence-electron chi connectivity index (χ1n) is 8.82. The molecule has 9 heteroatoms. The van der Waals surface area contributed by atoms with Gasteiger partial charge in [-0.3, -0.25) is 4.79 Å². The van der Waals surface area contributed by atoms with Crippen LogP contribution in [0.3, 0.4) is 0 Å². The van der Waals surface area contributed by atoms with E-state index >= 15 is 0 Å². The Kier molecular flexibility index (Phi) is 6.07. The standard InChI is InChI=1S/C20H20F2N4O2S/c1-12(27)24-17(10-13-6-8-15(23)9-7-13)19-26-25-18(29-19)14-4-3-5-16(11-14)28-20(2,21)22/h3-9,11,17H,10,23H2,1-2H3,(H,24,27). The van der Waals surface area contributed by atoms with Gasteiger partial charge in [0.15, 0.2) is 0 Å². The fraction of sp³-hybridized carbons (Fsp3) is 0.250. The number of ether oxygens (including phenoxy) is 1. The molecule has 2 aromatic carbocycles. The molecule has 3 N–H and O–H groups in total. The van der Waals surface area contributed by atoms with Gasteiger partial charge in [0.1, 0.15) is 15.8 Å². The third kappa shape index (κ3) is 5.95. The molecule has 0 aliphatic heterocycles. The number of carbonyl (C=O) groups is 1. The van der Waals surface area contributed by atoms with Crippen LogP contribution in [0.1, 0.15) is 30.5 Å². The topological polar surface area (TPSA) is 90.1 Å². The van der Waals surface area contributed by atoms with Gasteiger partial charge in [-0.15, -0.1) is 10.2 Å². The smallest absolute Gasteiger partial charge is 0.394 e. The van der Waals surface area contributed by atoms with Crippen molar-refractivity contribution in [2.24, 2.45) is 0 Å². The van der Waals surface area contributed by atoms with Gasteiger partial charge in [0.05, 0.1) is 6.04 Å². The molecule has 0 radical (unpaired) electrons. The molecule has 0 fully saturated rings. The van der Waals surface area contributed by atoms with Crippen molar-refractivity contribution in [1.82, 2.24) is 15.5 Å². The first-order valence-corrected chi connectivity index (χ1v) is 9.63. The molecule has 0 saturated carbocycles. The Morgan fingerprint density at radius 1 is 1.24 bits per heavy atom. The predicted molar refractivity (Wildman–Crippen MR) is 108 cm³/mol. The molecule has 1 atom stereocenters. The average molecular weight is 418 g/mol. The van der Waals surface area contributed by atoms with Crippen LogP contribution in [0.4, 0.5) is 14.5 Å². The van der Waals surface area contributed by atoms with Crippen molar-refractivity contribution < 1.29 is 18.3 Å². The maximum Gasteiger partial charge on any atom is 0.394 e. The summed E-state index contributed by atoms with van der Waals surface area (Å²) in [6.45, 7) is 2.11. The average Bonchev–Trinajstić information content (AvgIpc) is 3.12. The molecule has 0 saturated heterocycles. The number of nitrogens with two attached hydrogens (primary N) is 1. The monoisotopic (exact) mass is 418 g/mol. The van der Waals surface area contributed by atoms with Gasteiger partial charge in [-0.1, -0.05) is 35.6 Å². The number of benzene rings is 2. The summed E-state index contributed by atoms with van der Waals surface area (Å²) in [5, 5.41) is 12.4. The number of halogens is 2. The lowest BCUT2D eigenvalue weighted by atomic mass is 10.1. The van der Waals surface area contributed by atoms with Crippen molar-refractivity contribution in [2.75, 3.05) is 5.73 Å². The zero-order valence-corrected chi connectivity index (χ0v) is 16.7. The zero-order chi connectivity index (χ0) is 21.0. The van der Waals surface area contributed by atoms with Gasteiger partial charge >= 0.3 is 6.11 Å². The molecule has 1 unspecified atom stereocenters. The van der Waals surface area contributed by atoms with E-state index in [1.54, 1.807) is 24.3 Å². The van der Waals surface area contributed by atoms with Gasteiger partial charge in [0.25, 0.3) is 0 Å². The Hall–Kier alpha value is -3.07. The lowest BCUT2D eigenvalue weighted by Crippen LogP contribution is -2.27. The molecule has 6 nitrogen and oxygen atoms in total. The Labute approximate surface area is 170 Å². The minimum absolute atomic E-state index is 0.0343. The number of alkyl halides is 2. The van der Waals surface area contributed by atoms with E-state index in [1.807, 2.05) is 12.1 Å². The summed E-state index contributed by atoms with van der Waals surface area (Å²) in [4.78, 5) is 11.7. The SMILES string of the molecule is CC(=O)NC(Cc1ccc(N)cc1)c1nnc(-c2cccc(OC(C)(F)F)c2)s1. The maximum absolute atomic E-state index is 13.1. The van der Waals surface area contributed by atoms with E-state index in [4.69, 9.17) is 5.73 Å². The van der Waals surface area contributed by atoms with Crippen molar-refractivity contribution in [3.8, 4) is 16.3 Å². The van der Waals surface area contributed by atoms with Crippen LogP contribution in [0.2, 0.25) is 0 Å². The number of anilines is 1. The van der Waals surface area contributed by atoms with E-state index in [-0.39, 0.29) is 17.7 Å². The maximum atomic E-state index is 13.1. The minimum atomic E-state index is -3.28. The minimum Gasteiger partial charge on any atom is -0.433 e. The molecule has 0 aliphatic rings. The molecule has 1 amide bonds. The Morgan fingerprint density at radius 2 is 1.97 bits per heavy atom. The molecule has 0 spiro atoms. The first kappa shape index (κ1) is 20.7. The van der Waals surface area contributed by atoms with Crippen molar-refractivity contribution in [3.63, 3.8) is 0 Å². The molecule has 1 heterocycles. The molecule has 152 valence electrons. The van der Waals surface area contributed by atoms with E-state index in [9.17, 15) is 13.6 Å². The zero-order valence-electron chi connectivity index (χ0n) is 15.9. The molecular weight excluding hydrogens is 398 g/mol. The summed E-state index contributed by atoms with van der Waals surface area (Å²) in [7, 11) is 0. The third-order valence-corrected chi connectivity index (χ3v) is 5.00. The number of aromatic nitrogens is 2. The third-order valence-electron chi connectivity index (χ3n) is 3.91. The first-order chi connectivity index (χ1) is 13.7. The van der Waals surface area contributed by atoms with E-state index in [0.29, 0.717) is 34.6 Å². The fourth-order valence-corrected chi connectivity index (χ4v) is 3.62. The van der Waals surface area contributed by atoms with Crippen LogP contribution < -0.4 is 15.8 Å². The second-order valence-electron chi connectivity index (χ2n) is 6.58. The van der Waals surface area contributed by atoms with Crippen molar-refractivity contribution in [3.05, 3.63) is 59.1 Å². The van der Waals surface area contributed by atoms with Crippen LogP contribution in [0, 0.1) is 0 Å². The number of nitrogen functional groups attached to an aromatic ring is 1. The Bertz CT molecular complexity index is 987. The fourth-order valence-electron chi connectivity index (χ4n) is 2.73. The second-order valence-corrected chi connectivity index (χ2v) is 7.59. The number of hydrogen-bond acceptors (Lipinski definition) is 6. The molecule has 29 heavy (non-hydrogen) atoms.